The van der Waals surface area contributed by atoms with Crippen molar-refractivity contribution in [1.82, 2.24) is 9.88 Å². The number of anilines is 1. The number of likely N-dealkylation sites (N-methyl/N-ethyl adjacent to an activating group) is 1. The molecule has 3 heterocycles. The predicted molar refractivity (Wildman–Crippen MR) is 117 cm³/mol. The second-order valence-electron chi connectivity index (χ2n) is 8.39. The van der Waals surface area contributed by atoms with Crippen LogP contribution >= 0.6 is 0 Å². The smallest absolute Gasteiger partial charge is 0.129 e. The van der Waals surface area contributed by atoms with E-state index in [0.29, 0.717) is 12.5 Å². The van der Waals surface area contributed by atoms with Gasteiger partial charge in [-0.3, -0.25) is 0 Å². The molecular formula is C24H33N3O2. The summed E-state index contributed by atoms with van der Waals surface area (Å²) in [7, 11) is 3.93. The van der Waals surface area contributed by atoms with E-state index < -0.39 is 0 Å². The van der Waals surface area contributed by atoms with Crippen LogP contribution in [0.1, 0.15) is 24.1 Å². The first-order valence-electron chi connectivity index (χ1n) is 10.8. The van der Waals surface area contributed by atoms with Crippen molar-refractivity contribution in [2.24, 2.45) is 5.92 Å². The molecule has 29 heavy (non-hydrogen) atoms. The minimum absolute atomic E-state index is 0.651. The number of aromatic nitrogens is 1. The van der Waals surface area contributed by atoms with E-state index in [1.54, 1.807) is 7.11 Å². The lowest BCUT2D eigenvalue weighted by molar-refractivity contribution is 0.0663. The molecular weight excluding hydrogens is 362 g/mol. The van der Waals surface area contributed by atoms with Crippen LogP contribution in [-0.2, 0) is 22.5 Å². The van der Waals surface area contributed by atoms with E-state index in [4.69, 9.17) is 14.5 Å². The lowest BCUT2D eigenvalue weighted by Crippen LogP contribution is -2.44. The topological polar surface area (TPSA) is 37.8 Å². The third-order valence-electron chi connectivity index (χ3n) is 6.13. The van der Waals surface area contributed by atoms with Crippen molar-refractivity contribution in [3.63, 3.8) is 0 Å². The van der Waals surface area contributed by atoms with E-state index in [-0.39, 0.29) is 0 Å². The molecule has 0 aliphatic carbocycles. The largest absolute Gasteiger partial charge is 0.381 e. The van der Waals surface area contributed by atoms with E-state index >= 15 is 0 Å². The number of benzene rings is 1. The molecule has 2 aliphatic heterocycles. The summed E-state index contributed by atoms with van der Waals surface area (Å²) < 4.78 is 10.8. The van der Waals surface area contributed by atoms with Crippen LogP contribution in [-0.4, -0.2) is 63.4 Å². The highest BCUT2D eigenvalue weighted by Gasteiger charge is 2.19. The van der Waals surface area contributed by atoms with Gasteiger partial charge in [0.1, 0.15) is 5.82 Å². The van der Waals surface area contributed by atoms with Crippen molar-refractivity contribution in [3.05, 3.63) is 47.7 Å². The van der Waals surface area contributed by atoms with Gasteiger partial charge in [-0.1, -0.05) is 24.3 Å². The molecule has 0 N–H and O–H groups in total. The maximum atomic E-state index is 5.55. The summed E-state index contributed by atoms with van der Waals surface area (Å²) in [6, 6.07) is 13.3. The highest BCUT2D eigenvalue weighted by atomic mass is 16.5. The molecule has 0 atom stereocenters. The average Bonchev–Trinajstić information content (AvgIpc) is 2.75. The van der Waals surface area contributed by atoms with Crippen molar-refractivity contribution < 1.29 is 9.47 Å². The third kappa shape index (κ3) is 5.35. The first-order valence-corrected chi connectivity index (χ1v) is 10.8. The van der Waals surface area contributed by atoms with Gasteiger partial charge in [0.25, 0.3) is 0 Å². The summed E-state index contributed by atoms with van der Waals surface area (Å²) in [4.78, 5) is 9.92. The Hall–Kier alpha value is -1.95. The summed E-state index contributed by atoms with van der Waals surface area (Å²) in [6.07, 6.45) is 3.32. The van der Waals surface area contributed by atoms with Crippen LogP contribution in [0.25, 0.3) is 11.1 Å². The maximum absolute atomic E-state index is 5.55. The van der Waals surface area contributed by atoms with Crippen LogP contribution in [0.5, 0.6) is 0 Å². The molecule has 4 rings (SSSR count). The molecule has 2 aromatic rings. The molecule has 5 heteroatoms. The molecule has 0 saturated carbocycles. The second-order valence-corrected chi connectivity index (χ2v) is 8.39. The van der Waals surface area contributed by atoms with Gasteiger partial charge in [-0.2, -0.15) is 0 Å². The number of pyridine rings is 1. The van der Waals surface area contributed by atoms with E-state index in [1.165, 1.54) is 22.4 Å². The second kappa shape index (κ2) is 9.70. The fraction of sp³-hybridized carbons (Fsp3) is 0.542. The van der Waals surface area contributed by atoms with Crippen LogP contribution in [0.15, 0.2) is 36.4 Å². The summed E-state index contributed by atoms with van der Waals surface area (Å²) in [5.74, 6) is 1.80. The first kappa shape index (κ1) is 20.3. The van der Waals surface area contributed by atoms with Crippen LogP contribution < -0.4 is 4.90 Å². The van der Waals surface area contributed by atoms with Crippen molar-refractivity contribution in [3.8, 4) is 11.1 Å². The molecule has 2 aliphatic rings. The highest BCUT2D eigenvalue weighted by Crippen LogP contribution is 2.28. The minimum Gasteiger partial charge on any atom is -0.381 e. The van der Waals surface area contributed by atoms with E-state index in [0.717, 1.165) is 64.5 Å². The van der Waals surface area contributed by atoms with Gasteiger partial charge in [-0.05, 0) is 61.1 Å². The summed E-state index contributed by atoms with van der Waals surface area (Å²) in [5, 5.41) is 0. The fourth-order valence-electron chi connectivity index (χ4n) is 4.25. The van der Waals surface area contributed by atoms with Crippen LogP contribution in [0.3, 0.4) is 0 Å². The van der Waals surface area contributed by atoms with Crippen molar-refractivity contribution in [2.45, 2.75) is 25.9 Å². The summed E-state index contributed by atoms with van der Waals surface area (Å²) >= 11 is 0. The number of methoxy groups -OCH3 is 1. The first-order chi connectivity index (χ1) is 14.2. The fourth-order valence-corrected chi connectivity index (χ4v) is 4.25. The predicted octanol–water partition coefficient (Wildman–Crippen LogP) is 3.62. The van der Waals surface area contributed by atoms with Crippen molar-refractivity contribution in [1.29, 1.82) is 0 Å². The minimum atomic E-state index is 0.651. The average molecular weight is 396 g/mol. The Kier molecular flexibility index (Phi) is 6.80. The monoisotopic (exact) mass is 395 g/mol. The Labute approximate surface area is 174 Å². The molecule has 0 amide bonds. The van der Waals surface area contributed by atoms with Gasteiger partial charge in [0.05, 0.1) is 6.61 Å². The molecule has 2 saturated heterocycles. The van der Waals surface area contributed by atoms with Gasteiger partial charge in [-0.25, -0.2) is 4.98 Å². The Bertz CT molecular complexity index is 779. The van der Waals surface area contributed by atoms with Gasteiger partial charge in [0.2, 0.25) is 0 Å². The SMILES string of the molecule is COCc1ccc(-c2cc(CC3CCOCC3)nc(N3CCN(C)CC3)c2)cc1. The Morgan fingerprint density at radius 2 is 1.72 bits per heavy atom. The summed E-state index contributed by atoms with van der Waals surface area (Å²) in [5.41, 5.74) is 4.92. The lowest BCUT2D eigenvalue weighted by Gasteiger charge is -2.33. The number of ether oxygens (including phenoxy) is 2. The molecule has 0 spiro atoms. The van der Waals surface area contributed by atoms with Crippen molar-refractivity contribution >= 4 is 5.82 Å². The Morgan fingerprint density at radius 1 is 1.00 bits per heavy atom. The lowest BCUT2D eigenvalue weighted by atomic mass is 9.93. The van der Waals surface area contributed by atoms with E-state index in [1.807, 2.05) is 0 Å². The molecule has 156 valence electrons. The number of nitrogens with zero attached hydrogens (tertiary/aromatic N) is 3. The van der Waals surface area contributed by atoms with Crippen LogP contribution in [0.2, 0.25) is 0 Å². The van der Waals surface area contributed by atoms with Gasteiger partial charge < -0.3 is 19.3 Å². The number of piperazine rings is 1. The van der Waals surface area contributed by atoms with Gasteiger partial charge >= 0.3 is 0 Å². The number of hydrogen-bond donors (Lipinski definition) is 0. The molecule has 5 nitrogen and oxygen atoms in total. The summed E-state index contributed by atoms with van der Waals surface area (Å²) in [6.45, 7) is 6.68. The zero-order chi connectivity index (χ0) is 20.1. The van der Waals surface area contributed by atoms with Crippen molar-refractivity contribution in [2.75, 3.05) is 58.5 Å². The van der Waals surface area contributed by atoms with E-state index in [9.17, 15) is 0 Å². The Morgan fingerprint density at radius 3 is 2.41 bits per heavy atom. The number of hydrogen-bond acceptors (Lipinski definition) is 5. The van der Waals surface area contributed by atoms with Crippen LogP contribution in [0.4, 0.5) is 5.82 Å². The highest BCUT2D eigenvalue weighted by molar-refractivity contribution is 5.68. The zero-order valence-corrected chi connectivity index (χ0v) is 17.8. The molecule has 1 aromatic heterocycles. The van der Waals surface area contributed by atoms with Gasteiger partial charge in [-0.15, -0.1) is 0 Å². The Balaban J connectivity index is 1.61. The van der Waals surface area contributed by atoms with Gasteiger partial charge in [0.15, 0.2) is 0 Å². The van der Waals surface area contributed by atoms with Gasteiger partial charge in [0, 0.05) is 52.2 Å². The quantitative estimate of drug-likeness (QED) is 0.747. The molecule has 2 fully saturated rings. The molecule has 0 radical (unpaired) electrons. The molecule has 0 bridgehead atoms. The van der Waals surface area contributed by atoms with Crippen LogP contribution in [0, 0.1) is 5.92 Å². The normalized spacial score (nSPS) is 18.9. The standard InChI is InChI=1S/C24H33N3O2/c1-26-9-11-27(12-10-26)24-17-22(21-5-3-20(4-6-21)18-28-2)16-23(25-24)15-19-7-13-29-14-8-19/h3-6,16-17,19H,7-15,18H2,1-2H3. The number of rotatable bonds is 6. The third-order valence-corrected chi connectivity index (χ3v) is 6.13. The molecule has 0 unspecified atom stereocenters. The maximum Gasteiger partial charge on any atom is 0.129 e. The molecule has 1 aromatic carbocycles. The zero-order valence-electron chi connectivity index (χ0n) is 17.8. The van der Waals surface area contributed by atoms with E-state index in [2.05, 4.69) is 53.2 Å².